The Morgan fingerprint density at radius 3 is 1.20 bits per heavy atom. The molecule has 0 aliphatic heterocycles. The first kappa shape index (κ1) is 27.5. The van der Waals surface area contributed by atoms with Crippen molar-refractivity contribution in [3.8, 4) is 0 Å². The fourth-order valence-corrected chi connectivity index (χ4v) is 0. The van der Waals surface area contributed by atoms with Crippen molar-refractivity contribution in [1.29, 1.82) is 0 Å². The van der Waals surface area contributed by atoms with Gasteiger partial charge in [0, 0.05) is 17.1 Å². The molecule has 33 valence electrons. The molecule has 0 unspecified atom stereocenters. The van der Waals surface area contributed by atoms with E-state index in [-0.39, 0.29) is 57.5 Å². The van der Waals surface area contributed by atoms with E-state index in [1.165, 1.54) is 10.1 Å². The van der Waals surface area contributed by atoms with Crippen molar-refractivity contribution < 1.29 is 17.1 Å². The number of hydrogen-bond acceptors (Lipinski definition) is 0. The Hall–Kier alpha value is 2.10. The van der Waals surface area contributed by atoms with Crippen LogP contribution in [0.3, 0.4) is 0 Å². The minimum absolute atomic E-state index is 0. The van der Waals surface area contributed by atoms with Gasteiger partial charge in [0.05, 0.1) is 7.44 Å². The zero-order valence-corrected chi connectivity index (χ0v) is 5.24. The fraction of sp³-hybridized carbons (Fsp3) is 0. The van der Waals surface area contributed by atoms with Gasteiger partial charge < -0.3 is 0 Å². The Morgan fingerprint density at radius 1 is 1.20 bits per heavy atom. The van der Waals surface area contributed by atoms with Crippen LogP contribution in [-0.2, 0) is 17.1 Å². The smallest absolute Gasteiger partial charge is 0.0304 e. The van der Waals surface area contributed by atoms with Crippen LogP contribution in [0.5, 0.6) is 0 Å². The van der Waals surface area contributed by atoms with E-state index in [4.69, 9.17) is 0 Å². The summed E-state index contributed by atoms with van der Waals surface area (Å²) in [6.45, 7) is 0. The van der Waals surface area contributed by atoms with Crippen molar-refractivity contribution in [3.63, 3.8) is 0 Å². The van der Waals surface area contributed by atoms with E-state index in [1.807, 2.05) is 0 Å². The Bertz CT molecular complexity index is 11.6. The summed E-state index contributed by atoms with van der Waals surface area (Å²) in [5, 5.41) is 0. The second-order valence-electron chi connectivity index (χ2n) is 0. The molecule has 1 radical (unpaired) electrons. The molecule has 0 nitrogen and oxygen atoms in total. The number of hydrogen-bond donors (Lipinski definition) is 0. The normalized spacial score (nSPS) is 1.60. The van der Waals surface area contributed by atoms with Gasteiger partial charge in [-0.3, -0.25) is 0 Å². The van der Waals surface area contributed by atoms with Crippen molar-refractivity contribution >= 4 is 58.0 Å². The van der Waals surface area contributed by atoms with Crippen LogP contribution in [0.1, 0.15) is 0 Å². The molecule has 0 aromatic rings. The Morgan fingerprint density at radius 2 is 1.20 bits per heavy atom. The second-order valence-corrected chi connectivity index (χ2v) is 0. The molecule has 0 aromatic carbocycles. The molecule has 0 spiro atoms. The zero-order chi connectivity index (χ0) is 2.00. The topological polar surface area (TPSA) is 0 Å². The monoisotopic (exact) mass is 163 g/mol. The first-order valence-electron chi connectivity index (χ1n) is 1.00. The average Bonchev–Trinajstić information content (AvgIpc) is 1.00. The SMILES string of the molecule is B[SiH3].[AlH3].[Cu].[MgH2]. The van der Waals surface area contributed by atoms with Crippen LogP contribution in [-0.4, -0.2) is 58.0 Å². The van der Waals surface area contributed by atoms with E-state index in [0.717, 1.165) is 0 Å². The molecule has 5 heavy (non-hydrogen) atoms. The van der Waals surface area contributed by atoms with E-state index in [1.54, 1.807) is 0 Å². The minimum Gasteiger partial charge on any atom is -0.0304 e. The third-order valence-electron chi connectivity index (χ3n) is 0. The quantitative estimate of drug-likeness (QED) is 0.318. The van der Waals surface area contributed by atoms with Crippen molar-refractivity contribution in [1.82, 2.24) is 0 Å². The van der Waals surface area contributed by atoms with Crippen LogP contribution in [0.25, 0.3) is 0 Å². The molecule has 0 saturated heterocycles. The van der Waals surface area contributed by atoms with Crippen molar-refractivity contribution in [2.24, 2.45) is 0 Å². The van der Waals surface area contributed by atoms with E-state index in [2.05, 4.69) is 7.44 Å². The summed E-state index contributed by atoms with van der Waals surface area (Å²) in [5.41, 5.74) is 0. The molecule has 0 rings (SSSR count). The first-order chi connectivity index (χ1) is 1.00. The van der Waals surface area contributed by atoms with Crippen molar-refractivity contribution in [3.05, 3.63) is 0 Å². The predicted octanol–water partition coefficient (Wildman–Crippen LogP) is -4.20. The van der Waals surface area contributed by atoms with E-state index < -0.39 is 0 Å². The van der Waals surface area contributed by atoms with Gasteiger partial charge in [0.2, 0.25) is 0 Å². The first-order valence-corrected chi connectivity index (χ1v) is 3.00. The average molecular weight is 164 g/mol. The third-order valence-corrected chi connectivity index (χ3v) is 0. The van der Waals surface area contributed by atoms with Crippen LogP contribution in [0.4, 0.5) is 0 Å². The molecule has 0 amide bonds. The summed E-state index contributed by atoms with van der Waals surface area (Å²) in [6.07, 6.45) is 0. The van der Waals surface area contributed by atoms with Crippen LogP contribution < -0.4 is 0 Å². The van der Waals surface area contributed by atoms with Gasteiger partial charge in [-0.15, -0.1) is 0 Å². The van der Waals surface area contributed by atoms with Crippen LogP contribution in [0, 0.1) is 0 Å². The van der Waals surface area contributed by atoms with Crippen LogP contribution in [0.2, 0.25) is 0 Å². The summed E-state index contributed by atoms with van der Waals surface area (Å²) >= 11 is 0. The Balaban J connectivity index is -0.00000000167. The molecule has 0 aromatic heterocycles. The minimum atomic E-state index is 0. The van der Waals surface area contributed by atoms with Crippen molar-refractivity contribution in [2.45, 2.75) is 0 Å². The Kier molecular flexibility index (Phi) is 198. The third kappa shape index (κ3) is 23.3. The van der Waals surface area contributed by atoms with E-state index >= 15 is 0 Å². The molecule has 0 aliphatic rings. The molecule has 5 heteroatoms. The molecule has 0 saturated carbocycles. The molecule has 0 aliphatic carbocycles. The standard InChI is InChI=1S/Al.BH5Si.Cu.Mg.5H/c;1-2;;;;;;;/h;1H2,2H3;;;;;;;. The largest absolute Gasteiger partial charge is 0.316 e. The molecule has 0 N–H and O–H groups in total. The van der Waals surface area contributed by atoms with E-state index in [9.17, 15) is 0 Å². The van der Waals surface area contributed by atoms with Gasteiger partial charge in [-0.25, -0.2) is 0 Å². The van der Waals surface area contributed by atoms with Gasteiger partial charge in [-0.05, 0) is 10.1 Å². The number of rotatable bonds is 0. The Labute approximate surface area is 74.4 Å². The van der Waals surface area contributed by atoms with Gasteiger partial charge in [0.25, 0.3) is 0 Å². The zero-order valence-electron chi connectivity index (χ0n) is 2.30. The molecule has 0 bridgehead atoms. The maximum Gasteiger partial charge on any atom is 0.316 e. The predicted molar refractivity (Wildman–Crippen MR) is 37.0 cm³/mol. The summed E-state index contributed by atoms with van der Waals surface area (Å²) in [6, 6.07) is 0. The van der Waals surface area contributed by atoms with Crippen molar-refractivity contribution in [2.75, 3.05) is 0 Å². The molecular weight excluding hydrogens is 154 g/mol. The summed E-state index contributed by atoms with van der Waals surface area (Å²) in [4.78, 5) is 0. The fourth-order valence-electron chi connectivity index (χ4n) is 0. The van der Waals surface area contributed by atoms with Crippen LogP contribution in [0.15, 0.2) is 0 Å². The maximum atomic E-state index is 2.14. The summed E-state index contributed by atoms with van der Waals surface area (Å²) < 4.78 is 0. The molecule has 0 fully saturated rings. The van der Waals surface area contributed by atoms with Gasteiger partial charge in [0.15, 0.2) is 17.4 Å². The molecular formula is H10AlBCuMgSi. The summed E-state index contributed by atoms with van der Waals surface area (Å²) in [5.74, 6) is 0. The maximum absolute atomic E-state index is 2.14. The molecule has 0 heterocycles. The van der Waals surface area contributed by atoms with Gasteiger partial charge in [-0.1, -0.05) is 0 Å². The molecule has 0 atom stereocenters. The van der Waals surface area contributed by atoms with Gasteiger partial charge in [-0.2, -0.15) is 0 Å². The second kappa shape index (κ2) is 36.0. The van der Waals surface area contributed by atoms with Gasteiger partial charge in [0.1, 0.15) is 0 Å². The summed E-state index contributed by atoms with van der Waals surface area (Å²) in [7, 11) is 3.44. The van der Waals surface area contributed by atoms with Gasteiger partial charge >= 0.3 is 23.1 Å². The van der Waals surface area contributed by atoms with Crippen LogP contribution >= 0.6 is 0 Å². The van der Waals surface area contributed by atoms with E-state index in [0.29, 0.717) is 0 Å².